The number of allylic oxidation sites excluding steroid dienone is 1. The van der Waals surface area contributed by atoms with E-state index in [-0.39, 0.29) is 49.8 Å². The minimum absolute atomic E-state index is 0.0536. The summed E-state index contributed by atoms with van der Waals surface area (Å²) in [7, 11) is -4.44. The van der Waals surface area contributed by atoms with Gasteiger partial charge in [0.2, 0.25) is 17.7 Å². The molecular formula is C41H55N3O9S. The number of benzene rings is 1. The van der Waals surface area contributed by atoms with Gasteiger partial charge in [0.05, 0.1) is 35.9 Å². The van der Waals surface area contributed by atoms with Crippen LogP contribution in [-0.2, 0) is 38.4 Å². The molecule has 0 spiro atoms. The van der Waals surface area contributed by atoms with Crippen molar-refractivity contribution in [3.05, 3.63) is 48.7 Å². The van der Waals surface area contributed by atoms with Gasteiger partial charge in [-0.05, 0) is 95.6 Å². The Morgan fingerprint density at radius 1 is 1.13 bits per heavy atom. The molecule has 1 aromatic heterocycles. The van der Waals surface area contributed by atoms with Crippen LogP contribution >= 0.6 is 0 Å². The number of rotatable bonds is 16. The molecule has 0 bridgehead atoms. The normalized spacial score (nSPS) is 25.6. The summed E-state index contributed by atoms with van der Waals surface area (Å²) in [6, 6.07) is 6.83. The zero-order chi connectivity index (χ0) is 39.1. The van der Waals surface area contributed by atoms with Crippen molar-refractivity contribution in [2.45, 2.75) is 135 Å². The molecule has 2 heterocycles. The number of pyridine rings is 1. The van der Waals surface area contributed by atoms with Gasteiger partial charge >= 0.3 is 16.3 Å². The van der Waals surface area contributed by atoms with Gasteiger partial charge in [-0.25, -0.2) is 13.9 Å². The minimum Gasteiger partial charge on any atom is -0.472 e. The van der Waals surface area contributed by atoms with E-state index in [0.717, 1.165) is 48.4 Å². The monoisotopic (exact) mass is 765 g/mol. The van der Waals surface area contributed by atoms with Gasteiger partial charge in [-0.15, -0.1) is 6.58 Å². The number of esters is 1. The molecule has 54 heavy (non-hydrogen) atoms. The van der Waals surface area contributed by atoms with Crippen LogP contribution < -0.4 is 9.46 Å². The van der Waals surface area contributed by atoms with Crippen LogP contribution in [0.2, 0.25) is 0 Å². The van der Waals surface area contributed by atoms with Crippen molar-refractivity contribution in [1.82, 2.24) is 14.6 Å². The van der Waals surface area contributed by atoms with Crippen LogP contribution in [0.1, 0.15) is 110 Å². The molecule has 0 unspecified atom stereocenters. The van der Waals surface area contributed by atoms with Crippen LogP contribution in [0.3, 0.4) is 0 Å². The lowest BCUT2D eigenvalue weighted by Gasteiger charge is -2.31. The molecule has 2 aromatic rings. The van der Waals surface area contributed by atoms with E-state index in [9.17, 15) is 27.6 Å². The Kier molecular flexibility index (Phi) is 11.3. The first-order valence-corrected chi connectivity index (χ1v) is 20.9. The number of ketones is 1. The van der Waals surface area contributed by atoms with Gasteiger partial charge in [-0.3, -0.25) is 19.2 Å². The predicted molar refractivity (Wildman–Crippen MR) is 202 cm³/mol. The summed E-state index contributed by atoms with van der Waals surface area (Å²) in [5.74, 6) is -2.82. The lowest BCUT2D eigenvalue weighted by Crippen LogP contribution is -2.47. The second-order valence-corrected chi connectivity index (χ2v) is 18.3. The number of carbonyl (C=O) groups is 4. The van der Waals surface area contributed by atoms with Gasteiger partial charge in [0, 0.05) is 24.4 Å². The van der Waals surface area contributed by atoms with Crippen molar-refractivity contribution in [3.8, 4) is 5.88 Å². The molecule has 4 aliphatic rings. The average Bonchev–Trinajstić information content (AvgIpc) is 3.84. The van der Waals surface area contributed by atoms with Crippen molar-refractivity contribution in [3.63, 3.8) is 0 Å². The van der Waals surface area contributed by atoms with Crippen LogP contribution in [0, 0.1) is 30.1 Å². The van der Waals surface area contributed by atoms with Gasteiger partial charge in [-0.2, -0.15) is 8.42 Å². The Bertz CT molecular complexity index is 1900. The fourth-order valence-corrected chi connectivity index (χ4v) is 9.79. The maximum Gasteiger partial charge on any atom is 0.362 e. The van der Waals surface area contributed by atoms with E-state index >= 15 is 0 Å². The standard InChI is InChI=1S/C41H55N3O9S/c1-7-16-40(17-18-40)53-54(49,50)43-38(48)41(23-29(41)8-2)24-34(45)33-21-30(51-36-31-14-13-26(3)20-28(31)15-19-42-36)25-44(33)37(47)32(27-11-9-10-12-27)22-35(46)52-39(4,5)6/h8,13-15,19-20,27,29-30,32-33H,2,7,9-12,16-18,21-25H2,1,3-6H3,(H,43,48)/t29-,30-,32+,33+,41-/m1/s1. The third kappa shape index (κ3) is 8.99. The molecular weight excluding hydrogens is 711 g/mol. The van der Waals surface area contributed by atoms with Gasteiger partial charge in [0.25, 0.3) is 0 Å². The molecule has 12 nitrogen and oxygen atoms in total. The van der Waals surface area contributed by atoms with Crippen molar-refractivity contribution in [2.24, 2.45) is 23.2 Å². The van der Waals surface area contributed by atoms with E-state index in [1.165, 1.54) is 4.90 Å². The first-order chi connectivity index (χ1) is 25.5. The highest BCUT2D eigenvalue weighted by Gasteiger charge is 2.61. The molecule has 0 radical (unpaired) electrons. The molecule has 1 aliphatic heterocycles. The van der Waals surface area contributed by atoms with Gasteiger partial charge in [-0.1, -0.05) is 50.0 Å². The number of fused-ring (bicyclic) bond motifs is 1. The summed E-state index contributed by atoms with van der Waals surface area (Å²) in [6.45, 7) is 13.2. The highest BCUT2D eigenvalue weighted by atomic mass is 32.2. The molecule has 2 amide bonds. The second kappa shape index (κ2) is 15.4. The molecule has 3 aliphatic carbocycles. The summed E-state index contributed by atoms with van der Waals surface area (Å²) in [6.07, 6.45) is 8.46. The Morgan fingerprint density at radius 3 is 2.48 bits per heavy atom. The fourth-order valence-electron chi connectivity index (χ4n) is 8.60. The van der Waals surface area contributed by atoms with Crippen molar-refractivity contribution in [2.75, 3.05) is 6.54 Å². The largest absolute Gasteiger partial charge is 0.472 e. The number of hydrogen-bond acceptors (Lipinski definition) is 10. The van der Waals surface area contributed by atoms with Crippen molar-refractivity contribution in [1.29, 1.82) is 0 Å². The van der Waals surface area contributed by atoms with Crippen LogP contribution in [0.4, 0.5) is 0 Å². The summed E-state index contributed by atoms with van der Waals surface area (Å²) in [4.78, 5) is 62.2. The highest BCUT2D eigenvalue weighted by Crippen LogP contribution is 2.57. The van der Waals surface area contributed by atoms with Crippen LogP contribution in [0.15, 0.2) is 43.1 Å². The number of amides is 2. The number of carbonyl (C=O) groups excluding carboxylic acids is 4. The zero-order valence-electron chi connectivity index (χ0n) is 32.2. The van der Waals surface area contributed by atoms with Gasteiger partial charge in [0.1, 0.15) is 11.7 Å². The van der Waals surface area contributed by atoms with Gasteiger partial charge < -0.3 is 14.4 Å². The first kappa shape index (κ1) is 39.8. The molecule has 4 fully saturated rings. The molecule has 6 rings (SSSR count). The Labute approximate surface area is 319 Å². The number of nitrogens with zero attached hydrogens (tertiary/aromatic N) is 2. The van der Waals surface area contributed by atoms with E-state index in [1.807, 2.05) is 38.1 Å². The number of ether oxygens (including phenoxy) is 2. The van der Waals surface area contributed by atoms with Crippen LogP contribution in [0.25, 0.3) is 10.8 Å². The third-order valence-corrected chi connectivity index (χ3v) is 12.6. The topological polar surface area (TPSA) is 158 Å². The number of aryl methyl sites for hydroxylation is 1. The summed E-state index contributed by atoms with van der Waals surface area (Å²) in [5.41, 5.74) is -1.81. The molecule has 1 N–H and O–H groups in total. The van der Waals surface area contributed by atoms with Crippen LogP contribution in [-0.4, -0.2) is 71.8 Å². The zero-order valence-corrected chi connectivity index (χ0v) is 33.0. The lowest BCUT2D eigenvalue weighted by molar-refractivity contribution is -0.160. The number of aromatic nitrogens is 1. The Hall–Kier alpha value is -3.84. The molecule has 3 saturated carbocycles. The highest BCUT2D eigenvalue weighted by molar-refractivity contribution is 7.85. The predicted octanol–water partition coefficient (Wildman–Crippen LogP) is 6.29. The Balaban J connectivity index is 1.27. The smallest absolute Gasteiger partial charge is 0.362 e. The van der Waals surface area contributed by atoms with E-state index in [1.54, 1.807) is 33.0 Å². The molecule has 5 atom stereocenters. The van der Waals surface area contributed by atoms with Crippen molar-refractivity contribution >= 4 is 44.6 Å². The summed E-state index contributed by atoms with van der Waals surface area (Å²) >= 11 is 0. The third-order valence-electron chi connectivity index (χ3n) is 11.5. The molecule has 1 aromatic carbocycles. The van der Waals surface area contributed by atoms with Gasteiger partial charge in [0.15, 0.2) is 5.78 Å². The minimum atomic E-state index is -4.44. The van der Waals surface area contributed by atoms with Crippen molar-refractivity contribution < 1.29 is 41.3 Å². The first-order valence-electron chi connectivity index (χ1n) is 19.4. The number of nitrogens with one attached hydrogen (secondary N) is 1. The molecule has 294 valence electrons. The van der Waals surface area contributed by atoms with E-state index in [4.69, 9.17) is 13.7 Å². The van der Waals surface area contributed by atoms with E-state index in [2.05, 4.69) is 16.3 Å². The summed E-state index contributed by atoms with van der Waals surface area (Å²) < 4.78 is 45.8. The number of likely N-dealkylation sites (tertiary alicyclic amines) is 1. The van der Waals surface area contributed by atoms with Crippen LogP contribution in [0.5, 0.6) is 5.88 Å². The SMILES string of the molecule is C=C[C@@H]1C[C@]1(CC(=O)[C@@H]1C[C@@H](Oc2nccc3cc(C)ccc23)CN1C(=O)[C@@H](CC(=O)OC(C)(C)C)C1CCCC1)C(=O)NS(=O)(=O)OC1(CCC)CC1. The quantitative estimate of drug-likeness (QED) is 0.152. The Morgan fingerprint density at radius 2 is 1.85 bits per heavy atom. The van der Waals surface area contributed by atoms with E-state index < -0.39 is 62.8 Å². The molecule has 13 heteroatoms. The fraction of sp³-hybridized carbons (Fsp3) is 0.634. The number of hydrogen-bond donors (Lipinski definition) is 1. The maximum atomic E-state index is 14.7. The average molecular weight is 766 g/mol. The van der Waals surface area contributed by atoms with E-state index in [0.29, 0.717) is 25.1 Å². The second-order valence-electron chi connectivity index (χ2n) is 17.0. The lowest BCUT2D eigenvalue weighted by atomic mass is 9.86. The number of Topliss-reactive ketones (excluding diaryl/α,β-unsaturated/α-hetero) is 1. The summed E-state index contributed by atoms with van der Waals surface area (Å²) in [5, 5.41) is 1.73. The maximum absolute atomic E-state index is 14.7. The molecule has 1 saturated heterocycles.